The second-order valence-electron chi connectivity index (χ2n) is 5.44. The zero-order valence-corrected chi connectivity index (χ0v) is 10.9. The van der Waals surface area contributed by atoms with Crippen LogP contribution in [0.2, 0.25) is 0 Å². The smallest absolute Gasteiger partial charge is 0.261 e. The highest BCUT2D eigenvalue weighted by molar-refractivity contribution is 7.14. The maximum absolute atomic E-state index is 12.0. The predicted molar refractivity (Wildman–Crippen MR) is 70.2 cm³/mol. The first-order valence-corrected chi connectivity index (χ1v) is 7.06. The molecule has 1 amide bonds. The van der Waals surface area contributed by atoms with Gasteiger partial charge in [-0.15, -0.1) is 11.3 Å². The van der Waals surface area contributed by atoms with E-state index in [0.29, 0.717) is 5.41 Å². The van der Waals surface area contributed by atoms with Crippen LogP contribution >= 0.6 is 11.3 Å². The van der Waals surface area contributed by atoms with Gasteiger partial charge in [0, 0.05) is 17.1 Å². The van der Waals surface area contributed by atoms with Crippen LogP contribution in [0.5, 0.6) is 0 Å². The SMILES string of the molecule is Cc1sc(C(=O)NCC2(C3CC3)CC2)cc1N. The lowest BCUT2D eigenvalue weighted by Crippen LogP contribution is -2.30. The molecule has 0 bridgehead atoms. The van der Waals surface area contributed by atoms with Crippen LogP contribution in [0.4, 0.5) is 5.69 Å². The second-order valence-corrected chi connectivity index (χ2v) is 6.70. The highest BCUT2D eigenvalue weighted by Crippen LogP contribution is 2.60. The molecule has 2 aliphatic carbocycles. The Morgan fingerprint density at radius 2 is 2.29 bits per heavy atom. The number of hydrogen-bond acceptors (Lipinski definition) is 3. The average Bonchev–Trinajstić information content (AvgIpc) is 3.16. The number of nitrogens with two attached hydrogens (primary N) is 1. The van der Waals surface area contributed by atoms with E-state index < -0.39 is 0 Å². The van der Waals surface area contributed by atoms with Crippen molar-refractivity contribution >= 4 is 22.9 Å². The van der Waals surface area contributed by atoms with E-state index in [-0.39, 0.29) is 5.91 Å². The first-order valence-electron chi connectivity index (χ1n) is 6.25. The molecule has 0 aromatic carbocycles. The molecular weight excluding hydrogens is 232 g/mol. The first kappa shape index (κ1) is 11.1. The van der Waals surface area contributed by atoms with Gasteiger partial charge in [-0.3, -0.25) is 4.79 Å². The molecular formula is C13H18N2OS. The molecule has 2 saturated carbocycles. The predicted octanol–water partition coefficient (Wildman–Crippen LogP) is 2.56. The number of rotatable bonds is 4. The monoisotopic (exact) mass is 250 g/mol. The minimum atomic E-state index is 0.0433. The molecule has 4 heteroatoms. The number of nitrogen functional groups attached to an aromatic ring is 1. The molecule has 17 heavy (non-hydrogen) atoms. The summed E-state index contributed by atoms with van der Waals surface area (Å²) in [6, 6.07) is 1.78. The summed E-state index contributed by atoms with van der Waals surface area (Å²) in [5.74, 6) is 0.930. The van der Waals surface area contributed by atoms with E-state index in [9.17, 15) is 4.79 Å². The summed E-state index contributed by atoms with van der Waals surface area (Å²) in [6.45, 7) is 2.80. The van der Waals surface area contributed by atoms with E-state index in [1.807, 2.05) is 6.92 Å². The number of aryl methyl sites for hydroxylation is 1. The third-order valence-corrected chi connectivity index (χ3v) is 5.18. The molecule has 0 saturated heterocycles. The molecule has 1 aromatic heterocycles. The Morgan fingerprint density at radius 1 is 1.59 bits per heavy atom. The van der Waals surface area contributed by atoms with Crippen molar-refractivity contribution in [1.29, 1.82) is 0 Å². The molecule has 92 valence electrons. The van der Waals surface area contributed by atoms with Crippen LogP contribution in [0, 0.1) is 18.3 Å². The molecule has 2 fully saturated rings. The Kier molecular flexibility index (Phi) is 2.43. The van der Waals surface area contributed by atoms with Crippen molar-refractivity contribution in [3.63, 3.8) is 0 Å². The fourth-order valence-electron chi connectivity index (χ4n) is 2.54. The topological polar surface area (TPSA) is 55.1 Å². The third-order valence-electron chi connectivity index (χ3n) is 4.12. The highest BCUT2D eigenvalue weighted by atomic mass is 32.1. The van der Waals surface area contributed by atoms with Crippen LogP contribution in [0.3, 0.4) is 0 Å². The molecule has 0 radical (unpaired) electrons. The van der Waals surface area contributed by atoms with Gasteiger partial charge in [-0.05, 0) is 50.0 Å². The summed E-state index contributed by atoms with van der Waals surface area (Å²) < 4.78 is 0. The standard InChI is InChI=1S/C13H18N2OS/c1-8-10(14)6-11(17-8)12(16)15-7-13(4-5-13)9-2-3-9/h6,9H,2-5,7,14H2,1H3,(H,15,16). The van der Waals surface area contributed by atoms with E-state index in [1.165, 1.54) is 37.0 Å². The number of thiophene rings is 1. The van der Waals surface area contributed by atoms with E-state index in [1.54, 1.807) is 6.07 Å². The number of carbonyl (C=O) groups excluding carboxylic acids is 1. The van der Waals surface area contributed by atoms with Gasteiger partial charge in [0.2, 0.25) is 0 Å². The van der Waals surface area contributed by atoms with Gasteiger partial charge in [-0.1, -0.05) is 0 Å². The Bertz CT molecular complexity index is 438. The van der Waals surface area contributed by atoms with Gasteiger partial charge in [0.15, 0.2) is 0 Å². The number of nitrogens with one attached hydrogen (secondary N) is 1. The van der Waals surface area contributed by atoms with Gasteiger partial charge in [0.05, 0.1) is 4.88 Å². The van der Waals surface area contributed by atoms with Crippen molar-refractivity contribution in [1.82, 2.24) is 5.32 Å². The quantitative estimate of drug-likeness (QED) is 0.863. The molecule has 3 nitrogen and oxygen atoms in total. The van der Waals surface area contributed by atoms with Crippen LogP contribution in [-0.4, -0.2) is 12.5 Å². The van der Waals surface area contributed by atoms with Crippen LogP contribution in [0.15, 0.2) is 6.07 Å². The zero-order valence-electron chi connectivity index (χ0n) is 10.1. The molecule has 3 rings (SSSR count). The van der Waals surface area contributed by atoms with Crippen molar-refractivity contribution in [3.8, 4) is 0 Å². The van der Waals surface area contributed by atoms with Gasteiger partial charge in [-0.2, -0.15) is 0 Å². The summed E-state index contributed by atoms with van der Waals surface area (Å²) in [6.07, 6.45) is 5.31. The number of anilines is 1. The molecule has 0 atom stereocenters. The Hall–Kier alpha value is -1.03. The molecule has 1 heterocycles. The largest absolute Gasteiger partial charge is 0.398 e. The number of amides is 1. The van der Waals surface area contributed by atoms with Crippen LogP contribution in [0.25, 0.3) is 0 Å². The van der Waals surface area contributed by atoms with Gasteiger partial charge in [0.25, 0.3) is 5.91 Å². The highest BCUT2D eigenvalue weighted by Gasteiger charge is 2.53. The molecule has 1 aromatic rings. The Labute approximate surface area is 105 Å². The van der Waals surface area contributed by atoms with E-state index in [4.69, 9.17) is 5.73 Å². The minimum Gasteiger partial charge on any atom is -0.398 e. The summed E-state index contributed by atoms with van der Waals surface area (Å²) in [5.41, 5.74) is 6.95. The first-order chi connectivity index (χ1) is 8.11. The molecule has 2 aliphatic rings. The fraction of sp³-hybridized carbons (Fsp3) is 0.615. The fourth-order valence-corrected chi connectivity index (χ4v) is 3.39. The van der Waals surface area contributed by atoms with Gasteiger partial charge >= 0.3 is 0 Å². The van der Waals surface area contributed by atoms with Crippen LogP contribution in [-0.2, 0) is 0 Å². The summed E-state index contributed by atoms with van der Waals surface area (Å²) >= 11 is 1.48. The number of carbonyl (C=O) groups is 1. The van der Waals surface area contributed by atoms with E-state index in [2.05, 4.69) is 5.32 Å². The van der Waals surface area contributed by atoms with Crippen molar-refractivity contribution in [2.75, 3.05) is 12.3 Å². The van der Waals surface area contributed by atoms with Crippen LogP contribution < -0.4 is 11.1 Å². The summed E-state index contributed by atoms with van der Waals surface area (Å²) in [7, 11) is 0. The Balaban J connectivity index is 1.60. The molecule has 0 aliphatic heterocycles. The lowest BCUT2D eigenvalue weighted by atomic mass is 10.0. The lowest BCUT2D eigenvalue weighted by Gasteiger charge is -2.14. The number of hydrogen-bond donors (Lipinski definition) is 2. The van der Waals surface area contributed by atoms with Gasteiger partial charge in [0.1, 0.15) is 0 Å². The van der Waals surface area contributed by atoms with Crippen molar-refractivity contribution in [3.05, 3.63) is 15.8 Å². The molecule has 0 unspecified atom stereocenters. The van der Waals surface area contributed by atoms with Crippen molar-refractivity contribution < 1.29 is 4.79 Å². The normalized spacial score (nSPS) is 21.2. The second kappa shape index (κ2) is 3.73. The van der Waals surface area contributed by atoms with Gasteiger partial charge < -0.3 is 11.1 Å². The van der Waals surface area contributed by atoms with E-state index in [0.717, 1.165) is 27.9 Å². The third kappa shape index (κ3) is 2.06. The lowest BCUT2D eigenvalue weighted by molar-refractivity contribution is 0.0946. The Morgan fingerprint density at radius 3 is 2.76 bits per heavy atom. The summed E-state index contributed by atoms with van der Waals surface area (Å²) in [5, 5.41) is 3.08. The average molecular weight is 250 g/mol. The summed E-state index contributed by atoms with van der Waals surface area (Å²) in [4.78, 5) is 13.7. The van der Waals surface area contributed by atoms with Crippen molar-refractivity contribution in [2.45, 2.75) is 32.6 Å². The molecule has 3 N–H and O–H groups in total. The minimum absolute atomic E-state index is 0.0433. The maximum Gasteiger partial charge on any atom is 0.261 e. The molecule has 0 spiro atoms. The van der Waals surface area contributed by atoms with Gasteiger partial charge in [-0.25, -0.2) is 0 Å². The van der Waals surface area contributed by atoms with Crippen molar-refractivity contribution in [2.24, 2.45) is 11.3 Å². The van der Waals surface area contributed by atoms with Crippen LogP contribution in [0.1, 0.15) is 40.2 Å². The zero-order chi connectivity index (χ0) is 12.0. The van der Waals surface area contributed by atoms with E-state index >= 15 is 0 Å². The maximum atomic E-state index is 12.0.